The highest BCUT2D eigenvalue weighted by Gasteiger charge is 2.17. The lowest BCUT2D eigenvalue weighted by molar-refractivity contribution is -0.146. The third-order valence-electron chi connectivity index (χ3n) is 3.28. The molecule has 0 fully saturated rings. The number of carbonyl (C=O) groups is 2. The number of anilines is 1. The highest BCUT2D eigenvalue weighted by Crippen LogP contribution is 2.24. The predicted molar refractivity (Wildman–Crippen MR) is 97.5 cm³/mol. The van der Waals surface area contributed by atoms with Crippen LogP contribution in [0.1, 0.15) is 12.5 Å². The van der Waals surface area contributed by atoms with Gasteiger partial charge in [-0.25, -0.2) is 0 Å². The number of nitrogens with one attached hydrogen (secondary N) is 1. The van der Waals surface area contributed by atoms with Gasteiger partial charge in [-0.2, -0.15) is 0 Å². The summed E-state index contributed by atoms with van der Waals surface area (Å²) in [5, 5.41) is 2.86. The van der Waals surface area contributed by atoms with Gasteiger partial charge in [0, 0.05) is 15.6 Å². The fourth-order valence-electron chi connectivity index (χ4n) is 1.93. The fraction of sp³-hybridized carbons (Fsp3) is 0.222. The zero-order chi connectivity index (χ0) is 17.5. The summed E-state index contributed by atoms with van der Waals surface area (Å²) in [5.74, 6) is -0.826. The molecule has 6 heteroatoms. The Hall–Kier alpha value is -1.98. The molecule has 1 N–H and O–H groups in total. The van der Waals surface area contributed by atoms with Crippen LogP contribution in [0.3, 0.4) is 0 Å². The molecule has 0 saturated carbocycles. The largest absolute Gasteiger partial charge is 0.455 e. The van der Waals surface area contributed by atoms with Crippen LogP contribution in [-0.2, 0) is 14.3 Å². The number of benzene rings is 2. The zero-order valence-corrected chi connectivity index (χ0v) is 15.0. The molecule has 0 aliphatic rings. The third-order valence-corrected chi connectivity index (χ3v) is 4.78. The second kappa shape index (κ2) is 8.76. The van der Waals surface area contributed by atoms with Crippen LogP contribution in [0.15, 0.2) is 53.4 Å². The lowest BCUT2D eigenvalue weighted by Crippen LogP contribution is -2.25. The lowest BCUT2D eigenvalue weighted by atomic mass is 10.2. The van der Waals surface area contributed by atoms with Crippen molar-refractivity contribution < 1.29 is 14.3 Å². The third kappa shape index (κ3) is 5.28. The van der Waals surface area contributed by atoms with E-state index in [0.717, 1.165) is 10.5 Å². The first-order chi connectivity index (χ1) is 11.5. The topological polar surface area (TPSA) is 55.4 Å². The smallest absolute Gasteiger partial charge is 0.319 e. The van der Waals surface area contributed by atoms with Gasteiger partial charge in [0.2, 0.25) is 0 Å². The molecule has 0 saturated heterocycles. The molecule has 1 amide bonds. The first kappa shape index (κ1) is 18.4. The maximum atomic E-state index is 12.0. The van der Waals surface area contributed by atoms with E-state index in [9.17, 15) is 9.59 Å². The predicted octanol–water partition coefficient (Wildman–Crippen LogP) is 4.31. The Balaban J connectivity index is 1.82. The van der Waals surface area contributed by atoms with Crippen LogP contribution in [0.5, 0.6) is 0 Å². The van der Waals surface area contributed by atoms with Gasteiger partial charge in [0.25, 0.3) is 5.91 Å². The van der Waals surface area contributed by atoms with Gasteiger partial charge in [-0.05, 0) is 43.7 Å². The number of hydrogen-bond donors (Lipinski definition) is 1. The van der Waals surface area contributed by atoms with E-state index in [-0.39, 0.29) is 6.61 Å². The average Bonchev–Trinajstić information content (AvgIpc) is 2.57. The molecular formula is C18H18ClNO3S. The molecule has 24 heavy (non-hydrogen) atoms. The van der Waals surface area contributed by atoms with Gasteiger partial charge in [-0.15, -0.1) is 11.8 Å². The Labute approximate surface area is 150 Å². The zero-order valence-electron chi connectivity index (χ0n) is 13.4. The lowest BCUT2D eigenvalue weighted by Gasteiger charge is -2.12. The van der Waals surface area contributed by atoms with E-state index in [2.05, 4.69) is 5.32 Å². The molecule has 1 atom stereocenters. The minimum Gasteiger partial charge on any atom is -0.455 e. The maximum Gasteiger partial charge on any atom is 0.319 e. The van der Waals surface area contributed by atoms with Gasteiger partial charge >= 0.3 is 5.97 Å². The van der Waals surface area contributed by atoms with Crippen molar-refractivity contribution in [1.82, 2.24) is 0 Å². The van der Waals surface area contributed by atoms with E-state index in [4.69, 9.17) is 16.3 Å². The van der Waals surface area contributed by atoms with E-state index in [0.29, 0.717) is 10.7 Å². The number of amides is 1. The molecule has 2 aromatic carbocycles. The minimum absolute atomic E-state index is 0.329. The molecule has 0 bridgehead atoms. The fourth-order valence-corrected chi connectivity index (χ4v) is 3.00. The van der Waals surface area contributed by atoms with Crippen molar-refractivity contribution >= 4 is 40.9 Å². The Kier molecular flexibility index (Phi) is 6.70. The van der Waals surface area contributed by atoms with Gasteiger partial charge in [0.05, 0.1) is 0 Å². The first-order valence-electron chi connectivity index (χ1n) is 7.40. The number of halogens is 1. The molecule has 0 unspecified atom stereocenters. The Morgan fingerprint density at radius 3 is 2.58 bits per heavy atom. The average molecular weight is 364 g/mol. The summed E-state index contributed by atoms with van der Waals surface area (Å²) in [6, 6.07) is 14.8. The van der Waals surface area contributed by atoms with Crippen molar-refractivity contribution in [3.8, 4) is 0 Å². The Bertz CT molecular complexity index is 721. The Morgan fingerprint density at radius 1 is 1.17 bits per heavy atom. The molecule has 0 spiro atoms. The van der Waals surface area contributed by atoms with E-state index >= 15 is 0 Å². The van der Waals surface area contributed by atoms with Crippen molar-refractivity contribution in [1.29, 1.82) is 0 Å². The van der Waals surface area contributed by atoms with Crippen LogP contribution in [0.2, 0.25) is 5.02 Å². The van der Waals surface area contributed by atoms with Gasteiger partial charge in [0.1, 0.15) is 5.25 Å². The number of ether oxygens (including phenoxy) is 1. The van der Waals surface area contributed by atoms with E-state index < -0.39 is 17.1 Å². The van der Waals surface area contributed by atoms with Gasteiger partial charge in [-0.1, -0.05) is 35.9 Å². The van der Waals surface area contributed by atoms with Crippen LogP contribution in [0, 0.1) is 6.92 Å². The molecule has 126 valence electrons. The minimum atomic E-state index is -0.429. The van der Waals surface area contributed by atoms with E-state index in [1.807, 2.05) is 37.3 Å². The molecule has 0 aliphatic carbocycles. The normalized spacial score (nSPS) is 11.6. The summed E-state index contributed by atoms with van der Waals surface area (Å²) >= 11 is 7.39. The number of carbonyl (C=O) groups excluding carboxylic acids is 2. The summed E-state index contributed by atoms with van der Waals surface area (Å²) < 4.78 is 5.08. The van der Waals surface area contributed by atoms with E-state index in [1.165, 1.54) is 11.8 Å². The molecule has 0 heterocycles. The molecule has 4 nitrogen and oxygen atoms in total. The van der Waals surface area contributed by atoms with Crippen LogP contribution >= 0.6 is 23.4 Å². The van der Waals surface area contributed by atoms with Crippen molar-refractivity contribution in [2.24, 2.45) is 0 Å². The van der Waals surface area contributed by atoms with Crippen LogP contribution < -0.4 is 5.32 Å². The van der Waals surface area contributed by atoms with Crippen LogP contribution in [0.4, 0.5) is 5.69 Å². The van der Waals surface area contributed by atoms with Crippen molar-refractivity contribution in [3.05, 3.63) is 59.1 Å². The highest BCUT2D eigenvalue weighted by molar-refractivity contribution is 8.00. The highest BCUT2D eigenvalue weighted by atomic mass is 35.5. The molecule has 0 aliphatic heterocycles. The summed E-state index contributed by atoms with van der Waals surface area (Å²) in [6.45, 7) is 3.23. The maximum absolute atomic E-state index is 12.0. The molecular weight excluding hydrogens is 346 g/mol. The van der Waals surface area contributed by atoms with Crippen molar-refractivity contribution in [3.63, 3.8) is 0 Å². The van der Waals surface area contributed by atoms with Crippen LogP contribution in [-0.4, -0.2) is 23.7 Å². The molecule has 0 radical (unpaired) electrons. The summed E-state index contributed by atoms with van der Waals surface area (Å²) in [7, 11) is 0. The number of esters is 1. The molecule has 0 aromatic heterocycles. The SMILES string of the molecule is Cc1c(Cl)cccc1NC(=O)COC(=O)[C@H](C)Sc1ccccc1. The van der Waals surface area contributed by atoms with Gasteiger partial charge in [0.15, 0.2) is 6.61 Å². The van der Waals surface area contributed by atoms with Gasteiger partial charge in [-0.3, -0.25) is 9.59 Å². The second-order valence-electron chi connectivity index (χ2n) is 5.14. The van der Waals surface area contributed by atoms with Crippen molar-refractivity contribution in [2.75, 3.05) is 11.9 Å². The number of thioether (sulfide) groups is 1. The Morgan fingerprint density at radius 2 is 1.88 bits per heavy atom. The van der Waals surface area contributed by atoms with Crippen LogP contribution in [0.25, 0.3) is 0 Å². The molecule has 2 aromatic rings. The number of hydrogen-bond acceptors (Lipinski definition) is 4. The van der Waals surface area contributed by atoms with Crippen molar-refractivity contribution in [2.45, 2.75) is 24.0 Å². The van der Waals surface area contributed by atoms with Gasteiger partial charge < -0.3 is 10.1 Å². The second-order valence-corrected chi connectivity index (χ2v) is 6.96. The number of rotatable bonds is 6. The standard InChI is InChI=1S/C18H18ClNO3S/c1-12-15(19)9-6-10-16(12)20-17(21)11-23-18(22)13(2)24-14-7-4-3-5-8-14/h3-10,13H,11H2,1-2H3,(H,20,21)/t13-/m0/s1. The quantitative estimate of drug-likeness (QED) is 0.613. The monoisotopic (exact) mass is 363 g/mol. The summed E-state index contributed by atoms with van der Waals surface area (Å²) in [5.41, 5.74) is 1.38. The summed E-state index contributed by atoms with van der Waals surface area (Å²) in [4.78, 5) is 24.9. The van der Waals surface area contributed by atoms with E-state index in [1.54, 1.807) is 25.1 Å². The summed E-state index contributed by atoms with van der Waals surface area (Å²) in [6.07, 6.45) is 0. The molecule has 2 rings (SSSR count). The first-order valence-corrected chi connectivity index (χ1v) is 8.66.